The van der Waals surface area contributed by atoms with Crippen molar-refractivity contribution >= 4 is 12.1 Å². The lowest BCUT2D eigenvalue weighted by Gasteiger charge is -2.32. The Morgan fingerprint density at radius 1 is 1.36 bits per heavy atom. The van der Waals surface area contributed by atoms with Crippen molar-refractivity contribution in [3.63, 3.8) is 0 Å². The van der Waals surface area contributed by atoms with E-state index in [0.29, 0.717) is 6.42 Å². The molecule has 118 valence electrons. The number of alkyl halides is 3. The number of hydrogen-bond acceptors (Lipinski definition) is 3. The molecule has 0 unspecified atom stereocenters. The predicted molar refractivity (Wildman–Crippen MR) is 73.0 cm³/mol. The third kappa shape index (κ3) is 2.29. The number of halogens is 3. The molecule has 1 fully saturated rings. The van der Waals surface area contributed by atoms with Gasteiger partial charge in [0.05, 0.1) is 0 Å². The molecule has 0 bridgehead atoms. The van der Waals surface area contributed by atoms with Crippen LogP contribution in [0.1, 0.15) is 29.9 Å². The van der Waals surface area contributed by atoms with E-state index in [9.17, 15) is 23.1 Å². The molecule has 2 aliphatic rings. The van der Waals surface area contributed by atoms with E-state index in [0.717, 1.165) is 17.3 Å². The highest BCUT2D eigenvalue weighted by atomic mass is 19.4. The maximum Gasteiger partial charge on any atom is 0.438 e. The number of aliphatic hydroxyl groups is 1. The number of carbonyl (C=O) groups is 1. The van der Waals surface area contributed by atoms with Crippen molar-refractivity contribution in [3.8, 4) is 0 Å². The van der Waals surface area contributed by atoms with Crippen molar-refractivity contribution in [2.45, 2.75) is 37.6 Å². The van der Waals surface area contributed by atoms with E-state index >= 15 is 0 Å². The highest BCUT2D eigenvalue weighted by molar-refractivity contribution is 5.85. The zero-order valence-electron chi connectivity index (χ0n) is 11.8. The number of carbonyl (C=O) groups excluding carboxylic acids is 1. The molecule has 0 aromatic heterocycles. The molecule has 22 heavy (non-hydrogen) atoms. The van der Waals surface area contributed by atoms with Crippen molar-refractivity contribution in [2.24, 2.45) is 11.0 Å². The Bertz CT molecular complexity index is 627. The molecule has 0 radical (unpaired) electrons. The Labute approximate surface area is 125 Å². The van der Waals surface area contributed by atoms with E-state index in [1.165, 1.54) is 0 Å². The van der Waals surface area contributed by atoms with Crippen molar-refractivity contribution < 1.29 is 23.1 Å². The van der Waals surface area contributed by atoms with E-state index in [4.69, 9.17) is 0 Å². The van der Waals surface area contributed by atoms with Crippen molar-refractivity contribution in [1.29, 1.82) is 0 Å². The highest BCUT2D eigenvalue weighted by Gasteiger charge is 2.63. The molecule has 0 spiro atoms. The number of hydrazone groups is 1. The first-order valence-electron chi connectivity index (χ1n) is 6.96. The Hall–Kier alpha value is -1.89. The number of amides is 1. The van der Waals surface area contributed by atoms with Crippen LogP contribution in [-0.2, 0) is 4.79 Å². The van der Waals surface area contributed by atoms with Gasteiger partial charge in [0, 0.05) is 18.6 Å². The molecule has 0 saturated heterocycles. The SMILES string of the molecule is Cc1ccc([C@@H]2C[C@@H]2C(=O)N2N=CC[C@]2(O)C(F)(F)F)cc1. The summed E-state index contributed by atoms with van der Waals surface area (Å²) in [5.74, 6) is -1.45. The zero-order chi connectivity index (χ0) is 16.1. The molecule has 1 N–H and O–H groups in total. The van der Waals surface area contributed by atoms with Crippen LogP contribution in [0.2, 0.25) is 0 Å². The smallest absolute Gasteiger partial charge is 0.362 e. The molecule has 1 aliphatic heterocycles. The Balaban J connectivity index is 1.76. The van der Waals surface area contributed by atoms with Gasteiger partial charge in [-0.2, -0.15) is 23.3 Å². The molecular weight excluding hydrogens is 297 g/mol. The first-order chi connectivity index (χ1) is 10.2. The number of nitrogens with zero attached hydrogens (tertiary/aromatic N) is 2. The molecule has 4 nitrogen and oxygen atoms in total. The molecule has 1 heterocycles. The fraction of sp³-hybridized carbons (Fsp3) is 0.467. The predicted octanol–water partition coefficient (Wildman–Crippen LogP) is 2.57. The summed E-state index contributed by atoms with van der Waals surface area (Å²) >= 11 is 0. The number of rotatable bonds is 2. The monoisotopic (exact) mass is 312 g/mol. The summed E-state index contributed by atoms with van der Waals surface area (Å²) in [4.78, 5) is 12.3. The third-order valence-corrected chi connectivity index (χ3v) is 4.20. The van der Waals surface area contributed by atoms with Crippen LogP contribution in [0, 0.1) is 12.8 Å². The van der Waals surface area contributed by atoms with Gasteiger partial charge in [-0.3, -0.25) is 4.79 Å². The standard InChI is InChI=1S/C15H15F3N2O2/c1-9-2-4-10(5-3-9)11-8-12(11)13(21)20-14(22,6-7-19-20)15(16,17)18/h2-5,7,11-12,22H,6,8H2,1H3/t11-,12-,14-/m0/s1. The van der Waals surface area contributed by atoms with Gasteiger partial charge in [0.25, 0.3) is 5.72 Å². The number of benzene rings is 1. The summed E-state index contributed by atoms with van der Waals surface area (Å²) in [6, 6.07) is 7.54. The van der Waals surface area contributed by atoms with Gasteiger partial charge in [-0.05, 0) is 24.8 Å². The molecule has 1 aromatic rings. The zero-order valence-corrected chi connectivity index (χ0v) is 11.8. The summed E-state index contributed by atoms with van der Waals surface area (Å²) in [5, 5.41) is 13.4. The van der Waals surface area contributed by atoms with Crippen molar-refractivity contribution in [1.82, 2.24) is 5.01 Å². The van der Waals surface area contributed by atoms with Gasteiger partial charge in [0.15, 0.2) is 0 Å². The fourth-order valence-corrected chi connectivity index (χ4v) is 2.71. The molecule has 1 aliphatic carbocycles. The van der Waals surface area contributed by atoms with Crippen LogP contribution in [0.5, 0.6) is 0 Å². The fourth-order valence-electron chi connectivity index (χ4n) is 2.71. The molecule has 1 amide bonds. The molecular formula is C15H15F3N2O2. The van der Waals surface area contributed by atoms with Gasteiger partial charge in [-0.1, -0.05) is 29.8 Å². The van der Waals surface area contributed by atoms with Crippen LogP contribution in [0.3, 0.4) is 0 Å². The number of aryl methyl sites for hydroxylation is 1. The van der Waals surface area contributed by atoms with Gasteiger partial charge in [0.2, 0.25) is 5.91 Å². The minimum atomic E-state index is -4.94. The first kappa shape index (κ1) is 15.0. The normalized spacial score (nSPS) is 30.7. The summed E-state index contributed by atoms with van der Waals surface area (Å²) in [6.45, 7) is 1.93. The lowest BCUT2D eigenvalue weighted by Crippen LogP contribution is -2.56. The second kappa shape index (κ2) is 4.81. The largest absolute Gasteiger partial charge is 0.438 e. The summed E-state index contributed by atoms with van der Waals surface area (Å²) in [6.07, 6.45) is -4.27. The average molecular weight is 312 g/mol. The van der Waals surface area contributed by atoms with Crippen LogP contribution in [0.15, 0.2) is 29.4 Å². The van der Waals surface area contributed by atoms with E-state index in [-0.39, 0.29) is 10.9 Å². The maximum atomic E-state index is 13.0. The van der Waals surface area contributed by atoms with E-state index in [1.807, 2.05) is 31.2 Å². The van der Waals surface area contributed by atoms with Gasteiger partial charge < -0.3 is 5.11 Å². The Morgan fingerprint density at radius 2 is 2.00 bits per heavy atom. The molecule has 3 atom stereocenters. The topological polar surface area (TPSA) is 52.9 Å². The van der Waals surface area contributed by atoms with Crippen molar-refractivity contribution in [3.05, 3.63) is 35.4 Å². The second-order valence-electron chi connectivity index (χ2n) is 5.83. The van der Waals surface area contributed by atoms with Gasteiger partial charge in [-0.15, -0.1) is 0 Å². The quantitative estimate of drug-likeness (QED) is 0.912. The summed E-state index contributed by atoms with van der Waals surface area (Å²) < 4.78 is 38.9. The van der Waals surface area contributed by atoms with Crippen LogP contribution in [0.4, 0.5) is 13.2 Å². The molecule has 1 saturated carbocycles. The van der Waals surface area contributed by atoms with Crippen LogP contribution in [0.25, 0.3) is 0 Å². The highest BCUT2D eigenvalue weighted by Crippen LogP contribution is 2.50. The van der Waals surface area contributed by atoms with Crippen LogP contribution >= 0.6 is 0 Å². The summed E-state index contributed by atoms with van der Waals surface area (Å²) in [7, 11) is 0. The van der Waals surface area contributed by atoms with Gasteiger partial charge >= 0.3 is 6.18 Å². The van der Waals surface area contributed by atoms with Crippen molar-refractivity contribution in [2.75, 3.05) is 0 Å². The Kier molecular flexibility index (Phi) is 3.28. The maximum absolute atomic E-state index is 13.0. The van der Waals surface area contributed by atoms with Crippen LogP contribution < -0.4 is 0 Å². The minimum absolute atomic E-state index is 0.110. The van der Waals surface area contributed by atoms with Gasteiger partial charge in [0.1, 0.15) is 0 Å². The molecule has 3 rings (SSSR count). The lowest BCUT2D eigenvalue weighted by molar-refractivity contribution is -0.302. The Morgan fingerprint density at radius 3 is 2.59 bits per heavy atom. The third-order valence-electron chi connectivity index (χ3n) is 4.20. The second-order valence-corrected chi connectivity index (χ2v) is 5.83. The van der Waals surface area contributed by atoms with E-state index in [2.05, 4.69) is 5.10 Å². The minimum Gasteiger partial charge on any atom is -0.362 e. The molecule has 1 aromatic carbocycles. The molecule has 7 heteroatoms. The van der Waals surface area contributed by atoms with Gasteiger partial charge in [-0.25, -0.2) is 0 Å². The first-order valence-corrected chi connectivity index (χ1v) is 6.96. The summed E-state index contributed by atoms with van der Waals surface area (Å²) in [5.41, 5.74) is -1.23. The number of hydrogen-bond donors (Lipinski definition) is 1. The van der Waals surface area contributed by atoms with E-state index < -0.39 is 30.1 Å². The average Bonchev–Trinajstić information content (AvgIpc) is 3.13. The van der Waals surface area contributed by atoms with Crippen LogP contribution in [-0.4, -0.2) is 34.1 Å². The lowest BCUT2D eigenvalue weighted by atomic mass is 10.1. The van der Waals surface area contributed by atoms with E-state index in [1.54, 1.807) is 0 Å².